The van der Waals surface area contributed by atoms with Crippen molar-refractivity contribution in [1.82, 2.24) is 10.2 Å². The van der Waals surface area contributed by atoms with E-state index in [-0.39, 0.29) is 18.5 Å². The number of aromatic amines is 1. The van der Waals surface area contributed by atoms with Crippen LogP contribution in [-0.4, -0.2) is 10.2 Å². The van der Waals surface area contributed by atoms with Crippen molar-refractivity contribution in [2.45, 2.75) is 13.0 Å². The number of hydrogen-bond donors (Lipinski definition) is 2. The predicted molar refractivity (Wildman–Crippen MR) is 59.6 cm³/mol. The molecule has 5 heteroatoms. The highest BCUT2D eigenvalue weighted by atomic mass is 16.1. The van der Waals surface area contributed by atoms with Gasteiger partial charge in [0.15, 0.2) is 0 Å². The minimum absolute atomic E-state index is 0.257. The number of nitrogens with two attached hydrogens (primary N) is 1. The van der Waals surface area contributed by atoms with E-state index < -0.39 is 0 Å². The van der Waals surface area contributed by atoms with Crippen molar-refractivity contribution in [1.29, 1.82) is 5.26 Å². The highest BCUT2D eigenvalue weighted by Crippen LogP contribution is 2.14. The van der Waals surface area contributed by atoms with Gasteiger partial charge in [0.05, 0.1) is 23.6 Å². The van der Waals surface area contributed by atoms with Crippen LogP contribution >= 0.6 is 0 Å². The van der Waals surface area contributed by atoms with Crippen LogP contribution in [0.25, 0.3) is 10.8 Å². The summed E-state index contributed by atoms with van der Waals surface area (Å²) in [5.41, 5.74) is 6.73. The van der Waals surface area contributed by atoms with Gasteiger partial charge in [0.25, 0.3) is 5.56 Å². The van der Waals surface area contributed by atoms with Gasteiger partial charge in [-0.15, -0.1) is 0 Å². The van der Waals surface area contributed by atoms with Crippen LogP contribution in [0.4, 0.5) is 0 Å². The van der Waals surface area contributed by atoms with E-state index in [9.17, 15) is 4.79 Å². The molecule has 3 N–H and O–H groups in total. The first-order valence-electron chi connectivity index (χ1n) is 4.83. The molecule has 2 aromatic rings. The molecule has 5 nitrogen and oxygen atoms in total. The van der Waals surface area contributed by atoms with Gasteiger partial charge in [-0.2, -0.15) is 10.4 Å². The minimum Gasteiger partial charge on any atom is -0.325 e. The highest BCUT2D eigenvalue weighted by Gasteiger charge is 2.05. The average molecular weight is 214 g/mol. The summed E-state index contributed by atoms with van der Waals surface area (Å²) in [6.45, 7) is 0.269. The molecule has 16 heavy (non-hydrogen) atoms. The number of benzene rings is 1. The number of nitriles is 1. The van der Waals surface area contributed by atoms with Gasteiger partial charge in [0.1, 0.15) is 0 Å². The van der Waals surface area contributed by atoms with Crippen molar-refractivity contribution < 1.29 is 0 Å². The second-order valence-electron chi connectivity index (χ2n) is 3.42. The Kier molecular flexibility index (Phi) is 2.66. The van der Waals surface area contributed by atoms with Crippen LogP contribution in [0.15, 0.2) is 23.0 Å². The molecule has 0 saturated heterocycles. The monoisotopic (exact) mass is 214 g/mol. The number of rotatable bonds is 2. The Morgan fingerprint density at radius 1 is 1.44 bits per heavy atom. The molecule has 1 heterocycles. The van der Waals surface area contributed by atoms with Gasteiger partial charge in [0.2, 0.25) is 0 Å². The van der Waals surface area contributed by atoms with Crippen molar-refractivity contribution >= 4 is 10.8 Å². The van der Waals surface area contributed by atoms with Crippen LogP contribution in [0, 0.1) is 11.3 Å². The second kappa shape index (κ2) is 4.13. The Balaban J connectivity index is 2.74. The molecule has 0 bridgehead atoms. The standard InChI is InChI=1S/C11H10N4O/c12-4-3-7-1-2-8-9(5-7)11(16)15-14-10(8)6-13/h1-2,5H,3,6,13H2,(H,15,16). The zero-order valence-corrected chi connectivity index (χ0v) is 8.53. The number of nitrogens with zero attached hydrogens (tertiary/aromatic N) is 2. The van der Waals surface area contributed by atoms with Crippen LogP contribution in [0.5, 0.6) is 0 Å². The third-order valence-corrected chi connectivity index (χ3v) is 2.41. The number of aromatic nitrogens is 2. The zero-order valence-electron chi connectivity index (χ0n) is 8.53. The Morgan fingerprint density at radius 2 is 2.25 bits per heavy atom. The first kappa shape index (κ1) is 10.3. The average Bonchev–Trinajstić information content (AvgIpc) is 2.31. The van der Waals surface area contributed by atoms with E-state index in [4.69, 9.17) is 11.0 Å². The summed E-state index contributed by atoms with van der Waals surface area (Å²) < 4.78 is 0. The van der Waals surface area contributed by atoms with Gasteiger partial charge in [-0.3, -0.25) is 4.79 Å². The Labute approximate surface area is 91.5 Å². The van der Waals surface area contributed by atoms with Gasteiger partial charge < -0.3 is 5.73 Å². The molecule has 80 valence electrons. The first-order chi connectivity index (χ1) is 7.76. The molecule has 2 rings (SSSR count). The molecule has 0 aliphatic heterocycles. The summed E-state index contributed by atoms with van der Waals surface area (Å²) >= 11 is 0. The number of hydrogen-bond acceptors (Lipinski definition) is 4. The molecule has 0 fully saturated rings. The van der Waals surface area contributed by atoms with E-state index >= 15 is 0 Å². The van der Waals surface area contributed by atoms with Crippen LogP contribution in [-0.2, 0) is 13.0 Å². The number of H-pyrrole nitrogens is 1. The van der Waals surface area contributed by atoms with E-state index in [2.05, 4.69) is 10.2 Å². The molecule has 0 unspecified atom stereocenters. The van der Waals surface area contributed by atoms with E-state index in [0.29, 0.717) is 11.1 Å². The topological polar surface area (TPSA) is 95.6 Å². The van der Waals surface area contributed by atoms with E-state index in [0.717, 1.165) is 10.9 Å². The highest BCUT2D eigenvalue weighted by molar-refractivity contribution is 5.84. The smallest absolute Gasteiger partial charge is 0.272 e. The van der Waals surface area contributed by atoms with Crippen molar-refractivity contribution in [2.75, 3.05) is 0 Å². The second-order valence-corrected chi connectivity index (χ2v) is 3.42. The first-order valence-corrected chi connectivity index (χ1v) is 4.83. The Bertz CT molecular complexity index is 624. The fourth-order valence-corrected chi connectivity index (χ4v) is 1.63. The lowest BCUT2D eigenvalue weighted by Gasteiger charge is -2.03. The van der Waals surface area contributed by atoms with E-state index in [1.165, 1.54) is 0 Å². The molecule has 1 aromatic carbocycles. The van der Waals surface area contributed by atoms with Gasteiger partial charge in [0, 0.05) is 11.9 Å². The summed E-state index contributed by atoms with van der Waals surface area (Å²) in [6.07, 6.45) is 0.287. The number of nitrogens with one attached hydrogen (secondary N) is 1. The maximum Gasteiger partial charge on any atom is 0.272 e. The molecule has 1 aromatic heterocycles. The lowest BCUT2D eigenvalue weighted by Crippen LogP contribution is -2.13. The third-order valence-electron chi connectivity index (χ3n) is 2.41. The fourth-order valence-electron chi connectivity index (χ4n) is 1.63. The van der Waals surface area contributed by atoms with Crippen LogP contribution in [0.2, 0.25) is 0 Å². The van der Waals surface area contributed by atoms with Crippen molar-refractivity contribution in [3.63, 3.8) is 0 Å². The quantitative estimate of drug-likeness (QED) is 0.758. The van der Waals surface area contributed by atoms with Crippen LogP contribution in [0.3, 0.4) is 0 Å². The van der Waals surface area contributed by atoms with E-state index in [1.54, 1.807) is 12.1 Å². The summed E-state index contributed by atoms with van der Waals surface area (Å²) in [5.74, 6) is 0. The third kappa shape index (κ3) is 1.66. The normalized spacial score (nSPS) is 10.2. The van der Waals surface area contributed by atoms with Crippen molar-refractivity contribution in [3.8, 4) is 6.07 Å². The Morgan fingerprint density at radius 3 is 2.94 bits per heavy atom. The van der Waals surface area contributed by atoms with E-state index in [1.807, 2.05) is 12.1 Å². The van der Waals surface area contributed by atoms with Crippen LogP contribution in [0.1, 0.15) is 11.3 Å². The molecular weight excluding hydrogens is 204 g/mol. The van der Waals surface area contributed by atoms with Gasteiger partial charge in [-0.05, 0) is 11.6 Å². The fraction of sp³-hybridized carbons (Fsp3) is 0.182. The predicted octanol–water partition coefficient (Wildman–Crippen LogP) is 0.448. The maximum atomic E-state index is 11.6. The van der Waals surface area contributed by atoms with Gasteiger partial charge >= 0.3 is 0 Å². The maximum absolute atomic E-state index is 11.6. The Hall–Kier alpha value is -2.19. The van der Waals surface area contributed by atoms with Crippen LogP contribution < -0.4 is 11.3 Å². The summed E-state index contributed by atoms with van der Waals surface area (Å²) in [5, 5.41) is 16.1. The molecule has 0 saturated carbocycles. The lowest BCUT2D eigenvalue weighted by molar-refractivity contribution is 0.900. The SMILES string of the molecule is N#CCc1ccc2c(CN)n[nH]c(=O)c2c1. The largest absolute Gasteiger partial charge is 0.325 e. The number of fused-ring (bicyclic) bond motifs is 1. The zero-order chi connectivity index (χ0) is 11.5. The molecule has 0 aliphatic carbocycles. The molecule has 0 spiro atoms. The molecule has 0 amide bonds. The summed E-state index contributed by atoms with van der Waals surface area (Å²) in [7, 11) is 0. The molecule has 0 atom stereocenters. The summed E-state index contributed by atoms with van der Waals surface area (Å²) in [4.78, 5) is 11.6. The minimum atomic E-state index is -0.257. The molecule has 0 radical (unpaired) electrons. The molecule has 0 aliphatic rings. The summed E-state index contributed by atoms with van der Waals surface area (Å²) in [6, 6.07) is 7.35. The van der Waals surface area contributed by atoms with Crippen molar-refractivity contribution in [3.05, 3.63) is 39.8 Å². The van der Waals surface area contributed by atoms with Gasteiger partial charge in [-0.1, -0.05) is 12.1 Å². The lowest BCUT2D eigenvalue weighted by atomic mass is 10.1. The van der Waals surface area contributed by atoms with Gasteiger partial charge in [-0.25, -0.2) is 5.10 Å². The molecular formula is C11H10N4O. The van der Waals surface area contributed by atoms with Crippen molar-refractivity contribution in [2.24, 2.45) is 5.73 Å².